The van der Waals surface area contributed by atoms with Crippen molar-refractivity contribution >= 4 is 5.97 Å². The van der Waals surface area contributed by atoms with E-state index in [1.807, 2.05) is 0 Å². The minimum absolute atomic E-state index is 0.343. The molecule has 1 saturated heterocycles. The van der Waals surface area contributed by atoms with E-state index in [4.69, 9.17) is 13.9 Å². The van der Waals surface area contributed by atoms with E-state index in [1.54, 1.807) is 55.6 Å². The maximum atomic E-state index is 11.7. The molecule has 1 unspecified atom stereocenters. The van der Waals surface area contributed by atoms with Crippen LogP contribution in [0.15, 0.2) is 65.4 Å². The second-order valence-electron chi connectivity index (χ2n) is 6.95. The number of nitrogens with zero attached hydrogens (tertiary/aromatic N) is 2. The largest absolute Gasteiger partial charge is 0.497 e. The van der Waals surface area contributed by atoms with Crippen LogP contribution in [0.3, 0.4) is 0 Å². The number of carbonyl (C=O) groups is 1. The molecule has 158 valence electrons. The molecule has 0 radical (unpaired) electrons. The summed E-state index contributed by atoms with van der Waals surface area (Å²) in [5.41, 5.74) is 1.03. The molecule has 2 heterocycles. The minimum Gasteiger partial charge on any atom is -0.497 e. The molecule has 4 rings (SSSR count). The zero-order valence-corrected chi connectivity index (χ0v) is 17.2. The molecule has 1 N–H and O–H groups in total. The van der Waals surface area contributed by atoms with Gasteiger partial charge >= 0.3 is 5.97 Å². The number of hydrogen-bond acceptors (Lipinski definition) is 6. The number of rotatable bonds is 6. The Morgan fingerprint density at radius 2 is 1.77 bits per heavy atom. The first kappa shape index (κ1) is 21.4. The summed E-state index contributed by atoms with van der Waals surface area (Å²) in [4.78, 5) is 18.2. The first-order valence-corrected chi connectivity index (χ1v) is 9.79. The van der Waals surface area contributed by atoms with E-state index in [0.717, 1.165) is 0 Å². The zero-order chi connectivity index (χ0) is 21.3. The molecule has 7 heteroatoms. The van der Waals surface area contributed by atoms with Gasteiger partial charge < -0.3 is 23.9 Å². The molecule has 1 aliphatic rings. The summed E-state index contributed by atoms with van der Waals surface area (Å²) in [5.74, 6) is 0.319. The molecular formula is C23H26N2O5. The van der Waals surface area contributed by atoms with E-state index in [2.05, 4.69) is 16.9 Å². The molecule has 1 aromatic heterocycles. The van der Waals surface area contributed by atoms with E-state index in [-0.39, 0.29) is 0 Å². The highest BCUT2D eigenvalue weighted by molar-refractivity contribution is 5.78. The summed E-state index contributed by atoms with van der Waals surface area (Å²) in [6.07, 6.45) is 4.58. The van der Waals surface area contributed by atoms with Crippen molar-refractivity contribution in [3.05, 3.63) is 66.6 Å². The Kier molecular flexibility index (Phi) is 7.45. The second-order valence-corrected chi connectivity index (χ2v) is 6.95. The Bertz CT molecular complexity index is 919. The molecule has 1 fully saturated rings. The molecule has 1 aliphatic heterocycles. The number of carboxylic acid groups (broad SMARTS) is 1. The summed E-state index contributed by atoms with van der Waals surface area (Å²) in [7, 11) is 3.73. The first-order valence-electron chi connectivity index (χ1n) is 9.79. The highest BCUT2D eigenvalue weighted by Gasteiger charge is 2.26. The molecule has 7 nitrogen and oxygen atoms in total. The van der Waals surface area contributed by atoms with E-state index >= 15 is 0 Å². The maximum absolute atomic E-state index is 11.7. The zero-order valence-electron chi connectivity index (χ0n) is 17.2. The Balaban J connectivity index is 0.000000367. The van der Waals surface area contributed by atoms with Crippen LogP contribution in [0.4, 0.5) is 0 Å². The topological polar surface area (TPSA) is 85.0 Å². The molecule has 2 aromatic carbocycles. The second kappa shape index (κ2) is 10.5. The third kappa shape index (κ3) is 5.61. The van der Waals surface area contributed by atoms with Gasteiger partial charge in [0.15, 0.2) is 0 Å². The van der Waals surface area contributed by atoms with Gasteiger partial charge in [0, 0.05) is 11.1 Å². The van der Waals surface area contributed by atoms with Crippen LogP contribution in [0.2, 0.25) is 0 Å². The maximum Gasteiger partial charge on any atom is 0.349 e. The Hall–Kier alpha value is -3.32. The van der Waals surface area contributed by atoms with Crippen molar-refractivity contribution in [3.8, 4) is 23.0 Å². The van der Waals surface area contributed by atoms with Crippen molar-refractivity contribution in [1.29, 1.82) is 0 Å². The van der Waals surface area contributed by atoms with Crippen molar-refractivity contribution in [2.45, 2.75) is 18.9 Å². The smallest absolute Gasteiger partial charge is 0.349 e. The van der Waals surface area contributed by atoms with Crippen LogP contribution < -0.4 is 9.47 Å². The Morgan fingerprint density at radius 1 is 1.10 bits per heavy atom. The van der Waals surface area contributed by atoms with E-state index in [0.29, 0.717) is 28.5 Å². The van der Waals surface area contributed by atoms with Gasteiger partial charge in [-0.25, -0.2) is 9.78 Å². The van der Waals surface area contributed by atoms with Crippen molar-refractivity contribution in [2.75, 3.05) is 27.2 Å². The fourth-order valence-corrected chi connectivity index (χ4v) is 3.19. The van der Waals surface area contributed by atoms with Crippen LogP contribution in [0.1, 0.15) is 24.5 Å². The normalized spacial score (nSPS) is 14.5. The number of hydrogen-bond donors (Lipinski definition) is 1. The lowest BCUT2D eigenvalue weighted by Gasteiger charge is -2.17. The van der Waals surface area contributed by atoms with Gasteiger partial charge in [0.05, 0.1) is 13.3 Å². The molecule has 0 aliphatic carbocycles. The molecule has 0 bridgehead atoms. The van der Waals surface area contributed by atoms with Gasteiger partial charge in [0.1, 0.15) is 17.8 Å². The van der Waals surface area contributed by atoms with Crippen LogP contribution in [0, 0.1) is 0 Å². The Morgan fingerprint density at radius 3 is 2.30 bits per heavy atom. The minimum atomic E-state index is -1.19. The van der Waals surface area contributed by atoms with Gasteiger partial charge in [0.25, 0.3) is 0 Å². The molecule has 1 atom stereocenters. The summed E-state index contributed by atoms with van der Waals surface area (Å²) < 4.78 is 16.1. The van der Waals surface area contributed by atoms with Crippen LogP contribution in [0.5, 0.6) is 11.5 Å². The standard InChI is InChI=1S/C18H15NO5.C5H11N/c1-22-12-6-8-13(9-7-12)24-16(18(20)21)14-4-2-3-5-15(14)17-19-10-11-23-17;1-6-4-2-3-5-6/h2-11,16H,1H3,(H,20,21);2-5H2,1H3. The molecule has 0 spiro atoms. The summed E-state index contributed by atoms with van der Waals surface area (Å²) in [6, 6.07) is 13.7. The first-order chi connectivity index (χ1) is 14.6. The number of likely N-dealkylation sites (tertiary alicyclic amines) is 1. The molecule has 3 aromatic rings. The Labute approximate surface area is 175 Å². The van der Waals surface area contributed by atoms with Crippen LogP contribution in [-0.2, 0) is 4.79 Å². The fraction of sp³-hybridized carbons (Fsp3) is 0.304. The molecule has 0 saturated carbocycles. The fourth-order valence-electron chi connectivity index (χ4n) is 3.19. The molecule has 0 amide bonds. The van der Waals surface area contributed by atoms with Crippen molar-refractivity contribution in [3.63, 3.8) is 0 Å². The number of aliphatic carboxylic acids is 1. The lowest BCUT2D eigenvalue weighted by molar-refractivity contribution is -0.145. The lowest BCUT2D eigenvalue weighted by atomic mass is 10.0. The van der Waals surface area contributed by atoms with Gasteiger partial charge in [-0.1, -0.05) is 18.2 Å². The van der Waals surface area contributed by atoms with E-state index in [9.17, 15) is 9.90 Å². The average Bonchev–Trinajstić information content (AvgIpc) is 3.47. The molecular weight excluding hydrogens is 384 g/mol. The third-order valence-corrected chi connectivity index (χ3v) is 4.77. The number of carboxylic acids is 1. The highest BCUT2D eigenvalue weighted by Crippen LogP contribution is 2.31. The average molecular weight is 410 g/mol. The van der Waals surface area contributed by atoms with Crippen molar-refractivity contribution < 1.29 is 23.8 Å². The highest BCUT2D eigenvalue weighted by atomic mass is 16.5. The summed E-state index contributed by atoms with van der Waals surface area (Å²) in [6.45, 7) is 2.64. The van der Waals surface area contributed by atoms with Gasteiger partial charge in [0.2, 0.25) is 12.0 Å². The summed E-state index contributed by atoms with van der Waals surface area (Å²) >= 11 is 0. The van der Waals surface area contributed by atoms with Gasteiger partial charge in [-0.2, -0.15) is 0 Å². The van der Waals surface area contributed by atoms with Gasteiger partial charge in [-0.3, -0.25) is 0 Å². The number of methoxy groups -OCH3 is 1. The van der Waals surface area contributed by atoms with Crippen LogP contribution >= 0.6 is 0 Å². The van der Waals surface area contributed by atoms with Crippen LogP contribution in [-0.4, -0.2) is 48.2 Å². The predicted octanol–water partition coefficient (Wildman–Crippen LogP) is 4.27. The van der Waals surface area contributed by atoms with Crippen LogP contribution in [0.25, 0.3) is 11.5 Å². The summed E-state index contributed by atoms with van der Waals surface area (Å²) in [5, 5.41) is 9.61. The van der Waals surface area contributed by atoms with Crippen molar-refractivity contribution in [2.24, 2.45) is 0 Å². The van der Waals surface area contributed by atoms with Gasteiger partial charge in [-0.05, 0) is 63.3 Å². The third-order valence-electron chi connectivity index (χ3n) is 4.77. The van der Waals surface area contributed by atoms with Gasteiger partial charge in [-0.15, -0.1) is 0 Å². The lowest BCUT2D eigenvalue weighted by Crippen LogP contribution is -2.19. The van der Waals surface area contributed by atoms with Crippen molar-refractivity contribution in [1.82, 2.24) is 9.88 Å². The number of benzene rings is 2. The number of aromatic nitrogens is 1. The van der Waals surface area contributed by atoms with E-state index in [1.165, 1.54) is 38.4 Å². The van der Waals surface area contributed by atoms with E-state index < -0.39 is 12.1 Å². The number of ether oxygens (including phenoxy) is 2. The predicted molar refractivity (Wildman–Crippen MR) is 113 cm³/mol. The SMILES string of the molecule is CN1CCCC1.COc1ccc(OC(C(=O)O)c2ccccc2-c2ncco2)cc1. The molecule has 30 heavy (non-hydrogen) atoms. The number of oxazole rings is 1. The quantitative estimate of drug-likeness (QED) is 0.650. The monoisotopic (exact) mass is 410 g/mol.